The van der Waals surface area contributed by atoms with Crippen LogP contribution in [0.5, 0.6) is 11.5 Å². The van der Waals surface area contributed by atoms with Crippen LogP contribution in [0.25, 0.3) is 20.8 Å². The monoisotopic (exact) mass is 1520 g/mol. The van der Waals surface area contributed by atoms with E-state index in [0.29, 0.717) is 86.4 Å². The lowest BCUT2D eigenvalue weighted by molar-refractivity contribution is -0.143. The number of amides is 2. The highest BCUT2D eigenvalue weighted by Crippen LogP contribution is 2.46. The molecule has 3 heterocycles. The minimum atomic E-state index is -1.51. The van der Waals surface area contributed by atoms with Gasteiger partial charge in [-0.2, -0.15) is 0 Å². The Balaban J connectivity index is 0.000000204. The first-order valence-electron chi connectivity index (χ1n) is 31.9. The Hall–Kier alpha value is -8.84. The van der Waals surface area contributed by atoms with Crippen molar-refractivity contribution in [3.63, 3.8) is 0 Å². The highest BCUT2D eigenvalue weighted by atomic mass is 79.9. The summed E-state index contributed by atoms with van der Waals surface area (Å²) in [7, 11) is 0.544. The lowest BCUT2D eigenvalue weighted by atomic mass is 9.75. The van der Waals surface area contributed by atoms with E-state index < -0.39 is 88.6 Å². The van der Waals surface area contributed by atoms with Crippen molar-refractivity contribution < 1.29 is 65.4 Å². The number of carboxylic acids is 1. The number of nitrogens with zero attached hydrogens (tertiary/aromatic N) is 2. The molecule has 0 spiro atoms. The number of halogens is 9. The summed E-state index contributed by atoms with van der Waals surface area (Å²) in [5.41, 5.74) is 4.76. The number of rotatable bonds is 18. The van der Waals surface area contributed by atoms with Gasteiger partial charge in [0.15, 0.2) is 11.4 Å². The van der Waals surface area contributed by atoms with Gasteiger partial charge in [0.25, 0.3) is 11.8 Å². The van der Waals surface area contributed by atoms with E-state index in [-0.39, 0.29) is 52.0 Å². The molecule has 11 rings (SSSR count). The van der Waals surface area contributed by atoms with Crippen molar-refractivity contribution >= 4 is 121 Å². The number of aliphatic carboxylic acids is 1. The Morgan fingerprint density at radius 2 is 1.01 bits per heavy atom. The van der Waals surface area contributed by atoms with Gasteiger partial charge < -0.3 is 49.9 Å². The summed E-state index contributed by atoms with van der Waals surface area (Å²) >= 11 is 27.6. The van der Waals surface area contributed by atoms with Crippen molar-refractivity contribution in [2.24, 2.45) is 0 Å². The molecule has 0 saturated carbocycles. The van der Waals surface area contributed by atoms with Crippen molar-refractivity contribution in [2.75, 3.05) is 31.0 Å². The predicted octanol–water partition coefficient (Wildman–Crippen LogP) is 18.0. The van der Waals surface area contributed by atoms with Crippen molar-refractivity contribution in [1.82, 2.24) is 10.6 Å². The summed E-state index contributed by atoms with van der Waals surface area (Å²) in [5, 5.41) is 22.3. The van der Waals surface area contributed by atoms with Gasteiger partial charge >= 0.3 is 19.1 Å². The highest BCUT2D eigenvalue weighted by molar-refractivity contribution is 9.10. The minimum absolute atomic E-state index is 0.0191. The molecule has 0 radical (unpaired) electrons. The van der Waals surface area contributed by atoms with Crippen molar-refractivity contribution in [2.45, 2.75) is 115 Å². The maximum Gasteiger partial charge on any atom is 0.498 e. The molecule has 2 amide bonds. The van der Waals surface area contributed by atoms with Crippen LogP contribution >= 0.6 is 62.3 Å². The molecule has 101 heavy (non-hydrogen) atoms. The fourth-order valence-electron chi connectivity index (χ4n) is 11.6. The Morgan fingerprint density at radius 1 is 0.604 bits per heavy atom. The van der Waals surface area contributed by atoms with Gasteiger partial charge in [0.05, 0.1) is 49.1 Å². The van der Waals surface area contributed by atoms with Crippen molar-refractivity contribution in [3.05, 3.63) is 249 Å². The van der Waals surface area contributed by atoms with E-state index in [9.17, 15) is 24.3 Å². The van der Waals surface area contributed by atoms with Crippen molar-refractivity contribution in [1.29, 1.82) is 0 Å². The fourth-order valence-corrected chi connectivity index (χ4v) is 13.0. The van der Waals surface area contributed by atoms with Crippen LogP contribution < -0.4 is 36.2 Å². The average Bonchev–Trinajstić information content (AvgIpc) is 1.71. The number of carboxylic acid groups (broad SMARTS) is 1. The Kier molecular flexibility index (Phi) is 25.2. The van der Waals surface area contributed by atoms with Crippen LogP contribution in [0.15, 0.2) is 138 Å². The lowest BCUT2D eigenvalue weighted by Gasteiger charge is -2.32. The molecule has 3 aliphatic rings. The molecule has 0 aliphatic carbocycles. The third-order valence-corrected chi connectivity index (χ3v) is 20.1. The number of esters is 1. The molecule has 0 bridgehead atoms. The van der Waals surface area contributed by atoms with E-state index in [1.807, 2.05) is 114 Å². The first-order chi connectivity index (χ1) is 48.0. The highest BCUT2D eigenvalue weighted by Gasteiger charge is 2.53. The van der Waals surface area contributed by atoms with Crippen LogP contribution in [0.4, 0.5) is 40.3 Å². The van der Waals surface area contributed by atoms with Crippen molar-refractivity contribution in [3.8, 4) is 22.6 Å². The molecule has 524 valence electrons. The van der Waals surface area contributed by atoms with Crippen LogP contribution in [-0.2, 0) is 49.3 Å². The molecular formula is C75H68BBrCl4F4N6O10. The quantitative estimate of drug-likeness (QED) is 0.0180. The molecule has 0 unspecified atom stereocenters. The Labute approximate surface area is 611 Å². The first kappa shape index (κ1) is 76.3. The van der Waals surface area contributed by atoms with Gasteiger partial charge in [-0.1, -0.05) is 131 Å². The largest absolute Gasteiger partial charge is 0.498 e. The number of methoxy groups -OCH3 is 1. The number of nitrogens with one attached hydrogen (secondary N) is 4. The topological polar surface area (TPSA) is 192 Å². The van der Waals surface area contributed by atoms with E-state index in [1.165, 1.54) is 19.2 Å². The average molecular weight is 1520 g/mol. The second kappa shape index (κ2) is 33.3. The van der Waals surface area contributed by atoms with Gasteiger partial charge in [0.2, 0.25) is 0 Å². The summed E-state index contributed by atoms with van der Waals surface area (Å²) in [4.78, 5) is 57.9. The number of carbonyl (C=O) groups excluding carboxylic acids is 3. The second-order valence-electron chi connectivity index (χ2n) is 24.9. The van der Waals surface area contributed by atoms with Crippen LogP contribution in [0.3, 0.4) is 0 Å². The maximum absolute atomic E-state index is 15.2. The molecule has 1 saturated heterocycles. The molecule has 0 aromatic heterocycles. The van der Waals surface area contributed by atoms with Gasteiger partial charge in [0.1, 0.15) is 58.0 Å². The molecule has 5 N–H and O–H groups in total. The minimum Gasteiger partial charge on any atom is -0.494 e. The third kappa shape index (κ3) is 18.1. The van der Waals surface area contributed by atoms with Gasteiger partial charge in [-0.3, -0.25) is 9.59 Å². The summed E-state index contributed by atoms with van der Waals surface area (Å²) in [6.07, 6.45) is 2.47. The number of carbonyl (C=O) groups is 4. The number of hydrogen-bond donors (Lipinski definition) is 5. The lowest BCUT2D eigenvalue weighted by Crippen LogP contribution is -2.44. The number of benzene rings is 8. The zero-order valence-corrected chi connectivity index (χ0v) is 60.3. The van der Waals surface area contributed by atoms with Crippen LogP contribution in [0, 0.1) is 36.4 Å². The summed E-state index contributed by atoms with van der Waals surface area (Å²) < 4.78 is 90.8. The zero-order chi connectivity index (χ0) is 73.2. The Bertz CT molecular complexity index is 4440. The van der Waals surface area contributed by atoms with Crippen LogP contribution in [0.1, 0.15) is 121 Å². The van der Waals surface area contributed by atoms with Gasteiger partial charge in [-0.15, -0.1) is 0 Å². The number of hydrogen-bond acceptors (Lipinski definition) is 11. The predicted molar refractivity (Wildman–Crippen MR) is 388 cm³/mol. The smallest absolute Gasteiger partial charge is 0.494 e. The number of anilines is 2. The number of ether oxygens (including phenoxy) is 3. The van der Waals surface area contributed by atoms with E-state index in [1.54, 1.807) is 24.3 Å². The Morgan fingerprint density at radius 3 is 1.45 bits per heavy atom. The van der Waals surface area contributed by atoms with Crippen LogP contribution in [-0.4, -0.2) is 79.6 Å². The van der Waals surface area contributed by atoms with Gasteiger partial charge in [0, 0.05) is 73.0 Å². The number of fused-ring (bicyclic) bond motifs is 2. The van der Waals surface area contributed by atoms with E-state index in [4.69, 9.17) is 83.1 Å². The third-order valence-electron chi connectivity index (χ3n) is 17.6. The summed E-state index contributed by atoms with van der Waals surface area (Å²) in [6.45, 7) is 26.4. The summed E-state index contributed by atoms with van der Waals surface area (Å²) in [6, 6.07) is 32.8. The molecule has 8 aromatic rings. The fraction of sp³-hybridized carbons (Fsp3) is 0.280. The first-order valence-corrected chi connectivity index (χ1v) is 34.2. The normalized spacial score (nSPS) is 15.0. The molecule has 8 aromatic carbocycles. The molecule has 26 heteroatoms. The van der Waals surface area contributed by atoms with E-state index >= 15 is 17.6 Å². The van der Waals surface area contributed by atoms with E-state index in [2.05, 4.69) is 46.9 Å². The standard InChI is InChI=1S/C34H39BF2N2O6.C34H27Cl2F2N3O4.C7H2BrCl2N/c1-20(21-11-8-7-9-12-21)38-23-18-26(36)29(27(37)19-23)31(40)39-28(32(41)42-6)17-22-14-15-25(30-24(22)13-10-16-43-30)35-44-33(2,3)34(4,5)45-35;1-18(19-7-4-3-5-8-19)40-22-16-27(37)31(28(38)17-22)33(42)41-29(34(43)44)13-20-10-11-24(32-23(20)9-6-12-45-32)30-25(35)14-21(39-2)15-26(30)36;1-11-4-2-5(9)7(8)6(10)3-4/h7-9,11-12,14-15,18-20,28,38H,10,13,16-17H2,1-6H3,(H,39,40);3-5,7-8,10-11,14-18,29,40H,6,9,12-13H2,1H3,(H,41,42)(H,43,44);2-3H/t20-,28-;18-,29-;/m00./s1. The molecule has 1 fully saturated rings. The molecular weight excluding hydrogens is 1450 g/mol. The maximum atomic E-state index is 15.2. The molecule has 4 atom stereocenters. The molecule has 3 aliphatic heterocycles. The summed E-state index contributed by atoms with van der Waals surface area (Å²) in [5.74, 6) is -7.68. The van der Waals surface area contributed by atoms with Gasteiger partial charge in [-0.25, -0.2) is 36.8 Å². The second-order valence-corrected chi connectivity index (χ2v) is 27.4. The molecule has 16 nitrogen and oxygen atoms in total. The van der Waals surface area contributed by atoms with Gasteiger partial charge in [-0.05, 0) is 165 Å². The zero-order valence-electron chi connectivity index (χ0n) is 55.7. The van der Waals surface area contributed by atoms with E-state index in [0.717, 1.165) is 58.4 Å². The SMILES string of the molecule is COC(=O)[C@H](Cc1ccc(B2OC(C)(C)C(C)(C)O2)c2c1CCCO2)NC(=O)c1c(F)cc(N[C@@H](C)c2ccccc2)cc1F.[C-]#[N+]c1cc(Cl)c(-c2ccc(C[C@H](NC(=O)c3c(F)cc(N[C@@H](C)c4ccccc4)cc3F)C(=O)O)c3c2OCCC3)c(Cl)c1.[C-]#[N+]c1cc(Cl)c(Br)c(Cl)c1. The van der Waals surface area contributed by atoms with Crippen LogP contribution in [0.2, 0.25) is 20.1 Å².